The number of rotatable bonds is 6. The van der Waals surface area contributed by atoms with E-state index in [2.05, 4.69) is 10.3 Å². The van der Waals surface area contributed by atoms with E-state index in [1.54, 1.807) is 16.8 Å². The Hall–Kier alpha value is -3.15. The molecule has 0 spiro atoms. The van der Waals surface area contributed by atoms with E-state index in [0.717, 1.165) is 11.1 Å². The van der Waals surface area contributed by atoms with Crippen LogP contribution in [0.4, 0.5) is 0 Å². The summed E-state index contributed by atoms with van der Waals surface area (Å²) in [4.78, 5) is 28.7. The molecule has 0 bridgehead atoms. The Morgan fingerprint density at radius 1 is 1.19 bits per heavy atom. The molecule has 6 heteroatoms. The summed E-state index contributed by atoms with van der Waals surface area (Å²) in [7, 11) is 0. The number of carboxylic acids is 1. The van der Waals surface area contributed by atoms with Gasteiger partial charge in [-0.3, -0.25) is 4.79 Å². The van der Waals surface area contributed by atoms with Crippen LogP contribution in [0.3, 0.4) is 0 Å². The van der Waals surface area contributed by atoms with Gasteiger partial charge in [-0.15, -0.1) is 0 Å². The van der Waals surface area contributed by atoms with Crippen molar-refractivity contribution in [1.29, 1.82) is 0 Å². The summed E-state index contributed by atoms with van der Waals surface area (Å²) in [5, 5.41) is 12.3. The average molecular weight is 351 g/mol. The summed E-state index contributed by atoms with van der Waals surface area (Å²) in [5.74, 6) is -1.56. The van der Waals surface area contributed by atoms with E-state index >= 15 is 0 Å². The summed E-state index contributed by atoms with van der Waals surface area (Å²) in [6.07, 6.45) is 4.24. The fourth-order valence-corrected chi connectivity index (χ4v) is 2.84. The molecule has 0 fully saturated rings. The van der Waals surface area contributed by atoms with Crippen LogP contribution in [-0.4, -0.2) is 31.9 Å². The molecule has 0 radical (unpaired) electrons. The largest absolute Gasteiger partial charge is 0.480 e. The molecule has 1 atom stereocenters. The maximum atomic E-state index is 12.6. The second kappa shape index (κ2) is 7.00. The number of carbonyl (C=O) groups excluding carboxylic acids is 1. The topological polar surface area (TPSA) is 83.7 Å². The van der Waals surface area contributed by atoms with Gasteiger partial charge in [0.05, 0.1) is 0 Å². The lowest BCUT2D eigenvalue weighted by atomic mass is 9.93. The molecule has 0 saturated heterocycles. The second-order valence-corrected chi connectivity index (χ2v) is 6.63. The van der Waals surface area contributed by atoms with E-state index in [9.17, 15) is 14.7 Å². The minimum atomic E-state index is -1.38. The first-order chi connectivity index (χ1) is 12.4. The van der Waals surface area contributed by atoms with Gasteiger partial charge in [0.1, 0.15) is 16.9 Å². The van der Waals surface area contributed by atoms with Crippen molar-refractivity contribution in [2.75, 3.05) is 0 Å². The van der Waals surface area contributed by atoms with Crippen LogP contribution in [-0.2, 0) is 11.2 Å². The normalized spacial score (nSPS) is 13.3. The van der Waals surface area contributed by atoms with Gasteiger partial charge in [-0.05, 0) is 43.9 Å². The quantitative estimate of drug-likeness (QED) is 0.715. The zero-order valence-corrected chi connectivity index (χ0v) is 14.8. The number of aromatic nitrogens is 2. The zero-order chi connectivity index (χ0) is 18.7. The van der Waals surface area contributed by atoms with Crippen LogP contribution in [0.15, 0.2) is 54.9 Å². The number of aliphatic carboxylic acids is 1. The predicted molar refractivity (Wildman–Crippen MR) is 98.2 cm³/mol. The summed E-state index contributed by atoms with van der Waals surface area (Å²) in [5.41, 5.74) is 1.47. The lowest BCUT2D eigenvalue weighted by Gasteiger charge is -2.26. The monoisotopic (exact) mass is 351 g/mol. The van der Waals surface area contributed by atoms with Crippen LogP contribution in [0, 0.1) is 6.92 Å². The van der Waals surface area contributed by atoms with Crippen molar-refractivity contribution in [2.45, 2.75) is 32.2 Å². The minimum Gasteiger partial charge on any atom is -0.480 e. The molecule has 6 nitrogen and oxygen atoms in total. The molecular formula is C20H21N3O3. The number of amides is 1. The van der Waals surface area contributed by atoms with Gasteiger partial charge in [0.25, 0.3) is 5.91 Å². The fraction of sp³-hybridized carbons (Fsp3) is 0.250. The zero-order valence-electron chi connectivity index (χ0n) is 14.8. The van der Waals surface area contributed by atoms with Crippen LogP contribution in [0.1, 0.15) is 35.0 Å². The van der Waals surface area contributed by atoms with E-state index < -0.39 is 17.4 Å². The number of benzene rings is 1. The van der Waals surface area contributed by atoms with Gasteiger partial charge in [0.2, 0.25) is 0 Å². The van der Waals surface area contributed by atoms with Gasteiger partial charge in [0.15, 0.2) is 0 Å². The Morgan fingerprint density at radius 3 is 2.58 bits per heavy atom. The Morgan fingerprint density at radius 2 is 1.92 bits per heavy atom. The molecule has 1 unspecified atom stereocenters. The van der Waals surface area contributed by atoms with Gasteiger partial charge in [-0.1, -0.05) is 36.4 Å². The molecule has 1 amide bonds. The van der Waals surface area contributed by atoms with Crippen molar-refractivity contribution in [1.82, 2.24) is 14.7 Å². The van der Waals surface area contributed by atoms with E-state index in [1.807, 2.05) is 49.4 Å². The number of hydrogen-bond acceptors (Lipinski definition) is 3. The molecule has 26 heavy (non-hydrogen) atoms. The molecule has 0 aliphatic heterocycles. The third-order valence-electron chi connectivity index (χ3n) is 4.53. The molecule has 0 saturated carbocycles. The standard InChI is InChI=1S/C20H21N3O3/c1-14-7-6-12-23-13-16(21-17(14)23)18(24)22-20(2,19(25)26)11-10-15-8-4-3-5-9-15/h3-9,12-13H,10-11H2,1-2H3,(H,22,24)(H,25,26). The van der Waals surface area contributed by atoms with E-state index in [4.69, 9.17) is 0 Å². The first-order valence-corrected chi connectivity index (χ1v) is 8.43. The third kappa shape index (κ3) is 3.59. The lowest BCUT2D eigenvalue weighted by Crippen LogP contribution is -2.52. The van der Waals surface area contributed by atoms with E-state index in [-0.39, 0.29) is 12.1 Å². The Kier molecular flexibility index (Phi) is 4.75. The average Bonchev–Trinajstić information content (AvgIpc) is 3.07. The van der Waals surface area contributed by atoms with Crippen molar-refractivity contribution in [2.24, 2.45) is 0 Å². The Balaban J connectivity index is 1.78. The SMILES string of the molecule is Cc1cccn2cc(C(=O)NC(C)(CCc3ccccc3)C(=O)O)nc12. The van der Waals surface area contributed by atoms with Crippen LogP contribution < -0.4 is 5.32 Å². The van der Waals surface area contributed by atoms with Crippen molar-refractivity contribution < 1.29 is 14.7 Å². The molecular weight excluding hydrogens is 330 g/mol. The molecule has 0 aliphatic rings. The number of pyridine rings is 1. The summed E-state index contributed by atoms with van der Waals surface area (Å²) >= 11 is 0. The summed E-state index contributed by atoms with van der Waals surface area (Å²) in [6.45, 7) is 3.43. The van der Waals surface area contributed by atoms with Crippen LogP contribution in [0.2, 0.25) is 0 Å². The fourth-order valence-electron chi connectivity index (χ4n) is 2.84. The maximum absolute atomic E-state index is 12.6. The number of fused-ring (bicyclic) bond motifs is 1. The molecule has 2 aromatic heterocycles. The number of aryl methyl sites for hydroxylation is 2. The van der Waals surface area contributed by atoms with Gasteiger partial charge in [-0.2, -0.15) is 0 Å². The number of imidazole rings is 1. The van der Waals surface area contributed by atoms with Crippen molar-refractivity contribution in [3.05, 3.63) is 71.7 Å². The highest BCUT2D eigenvalue weighted by Crippen LogP contribution is 2.17. The van der Waals surface area contributed by atoms with Crippen molar-refractivity contribution >= 4 is 17.5 Å². The van der Waals surface area contributed by atoms with Gasteiger partial charge in [0, 0.05) is 12.4 Å². The highest BCUT2D eigenvalue weighted by atomic mass is 16.4. The lowest BCUT2D eigenvalue weighted by molar-refractivity contribution is -0.144. The molecule has 2 N–H and O–H groups in total. The Labute approximate surface area is 151 Å². The first kappa shape index (κ1) is 17.7. The summed E-state index contributed by atoms with van der Waals surface area (Å²) < 4.78 is 1.76. The molecule has 134 valence electrons. The maximum Gasteiger partial charge on any atom is 0.329 e. The molecule has 2 heterocycles. The van der Waals surface area contributed by atoms with E-state index in [1.165, 1.54) is 6.92 Å². The first-order valence-electron chi connectivity index (χ1n) is 8.43. The number of carbonyl (C=O) groups is 2. The smallest absolute Gasteiger partial charge is 0.329 e. The summed E-state index contributed by atoms with van der Waals surface area (Å²) in [6, 6.07) is 13.4. The predicted octanol–water partition coefficient (Wildman–Crippen LogP) is 2.85. The van der Waals surface area contributed by atoms with Crippen molar-refractivity contribution in [3.8, 4) is 0 Å². The second-order valence-electron chi connectivity index (χ2n) is 6.63. The van der Waals surface area contributed by atoms with Crippen molar-refractivity contribution in [3.63, 3.8) is 0 Å². The minimum absolute atomic E-state index is 0.200. The number of nitrogens with zero attached hydrogens (tertiary/aromatic N) is 2. The molecule has 1 aromatic carbocycles. The number of hydrogen-bond donors (Lipinski definition) is 2. The highest BCUT2D eigenvalue weighted by molar-refractivity contribution is 5.96. The molecule has 0 aliphatic carbocycles. The van der Waals surface area contributed by atoms with Gasteiger partial charge in [-0.25, -0.2) is 9.78 Å². The highest BCUT2D eigenvalue weighted by Gasteiger charge is 2.35. The van der Waals surface area contributed by atoms with Crippen LogP contribution >= 0.6 is 0 Å². The Bertz CT molecular complexity index is 949. The van der Waals surface area contributed by atoms with Gasteiger partial charge >= 0.3 is 5.97 Å². The number of carboxylic acid groups (broad SMARTS) is 1. The third-order valence-corrected chi connectivity index (χ3v) is 4.53. The molecule has 3 rings (SSSR count). The number of nitrogens with one attached hydrogen (secondary N) is 1. The van der Waals surface area contributed by atoms with E-state index in [0.29, 0.717) is 12.1 Å². The van der Waals surface area contributed by atoms with Crippen LogP contribution in [0.5, 0.6) is 0 Å². The molecule has 3 aromatic rings. The van der Waals surface area contributed by atoms with Gasteiger partial charge < -0.3 is 14.8 Å². The van der Waals surface area contributed by atoms with Crippen LogP contribution in [0.25, 0.3) is 5.65 Å².